The van der Waals surface area contributed by atoms with E-state index in [1.165, 1.54) is 0 Å². The Bertz CT molecular complexity index is 645. The summed E-state index contributed by atoms with van der Waals surface area (Å²) in [6.07, 6.45) is 0. The predicted octanol–water partition coefficient (Wildman–Crippen LogP) is 1.80. The molecule has 2 aromatic heterocycles. The van der Waals surface area contributed by atoms with E-state index in [0.717, 1.165) is 22.7 Å². The lowest BCUT2D eigenvalue weighted by molar-refractivity contribution is 0.415. The second kappa shape index (κ2) is 3.86. The Morgan fingerprint density at radius 3 is 2.65 bits per heavy atom. The van der Waals surface area contributed by atoms with Crippen molar-refractivity contribution in [3.05, 3.63) is 42.5 Å². The molecule has 0 amide bonds. The predicted molar refractivity (Wildman–Crippen MR) is 62.8 cm³/mol. The van der Waals surface area contributed by atoms with Gasteiger partial charge < -0.3 is 4.74 Å². The molecule has 0 bridgehead atoms. The van der Waals surface area contributed by atoms with Gasteiger partial charge in [-0.05, 0) is 46.8 Å². The van der Waals surface area contributed by atoms with Gasteiger partial charge in [-0.1, -0.05) is 6.07 Å². The minimum atomic E-state index is 0.735. The number of aromatic nitrogens is 4. The molecular formula is C12H10N4O. The topological polar surface area (TPSA) is 52.3 Å². The summed E-state index contributed by atoms with van der Waals surface area (Å²) in [6, 6.07) is 13.6. The maximum absolute atomic E-state index is 5.13. The van der Waals surface area contributed by atoms with Gasteiger partial charge >= 0.3 is 0 Å². The fourth-order valence-corrected chi connectivity index (χ4v) is 1.75. The lowest BCUT2D eigenvalue weighted by Crippen LogP contribution is -1.93. The van der Waals surface area contributed by atoms with Gasteiger partial charge in [-0.15, -0.1) is 5.10 Å². The highest BCUT2D eigenvalue weighted by Gasteiger charge is 2.05. The molecule has 0 fully saturated rings. The summed E-state index contributed by atoms with van der Waals surface area (Å²) < 4.78 is 6.84. The number of pyridine rings is 1. The van der Waals surface area contributed by atoms with Gasteiger partial charge in [-0.2, -0.15) is 4.52 Å². The van der Waals surface area contributed by atoms with Gasteiger partial charge in [0.2, 0.25) is 0 Å². The van der Waals surface area contributed by atoms with Crippen molar-refractivity contribution >= 4 is 5.65 Å². The molecule has 0 saturated carbocycles. The summed E-state index contributed by atoms with van der Waals surface area (Å²) in [5.41, 5.74) is 2.73. The minimum absolute atomic E-state index is 0.735. The zero-order valence-electron chi connectivity index (χ0n) is 9.24. The van der Waals surface area contributed by atoms with E-state index in [1.807, 2.05) is 42.5 Å². The smallest absolute Gasteiger partial charge is 0.179 e. The van der Waals surface area contributed by atoms with Crippen molar-refractivity contribution in [1.82, 2.24) is 20.0 Å². The summed E-state index contributed by atoms with van der Waals surface area (Å²) in [5, 5.41) is 11.5. The average Bonchev–Trinajstić information content (AvgIpc) is 2.87. The van der Waals surface area contributed by atoms with Crippen molar-refractivity contribution in [2.75, 3.05) is 7.11 Å². The standard InChI is InChI=1S/C12H10N4O/c1-17-10-7-5-9(6-8-10)11-3-2-4-12-13-14-15-16(11)12/h2-8H,1H3. The highest BCUT2D eigenvalue weighted by Crippen LogP contribution is 2.22. The Kier molecular flexibility index (Phi) is 2.22. The Balaban J connectivity index is 2.16. The fourth-order valence-electron chi connectivity index (χ4n) is 1.75. The van der Waals surface area contributed by atoms with Gasteiger partial charge in [0.1, 0.15) is 5.75 Å². The summed E-state index contributed by atoms with van der Waals surface area (Å²) in [5.74, 6) is 0.831. The third-order valence-corrected chi connectivity index (χ3v) is 2.61. The largest absolute Gasteiger partial charge is 0.497 e. The zero-order valence-corrected chi connectivity index (χ0v) is 9.24. The van der Waals surface area contributed by atoms with Crippen molar-refractivity contribution in [3.63, 3.8) is 0 Å². The molecule has 0 saturated heterocycles. The molecule has 17 heavy (non-hydrogen) atoms. The van der Waals surface area contributed by atoms with Crippen LogP contribution in [0.3, 0.4) is 0 Å². The second-order valence-corrected chi connectivity index (χ2v) is 3.59. The van der Waals surface area contributed by atoms with Gasteiger partial charge in [0.25, 0.3) is 0 Å². The van der Waals surface area contributed by atoms with Crippen LogP contribution in [-0.4, -0.2) is 27.2 Å². The third-order valence-electron chi connectivity index (χ3n) is 2.61. The van der Waals surface area contributed by atoms with Crippen LogP contribution in [-0.2, 0) is 0 Å². The normalized spacial score (nSPS) is 10.6. The molecule has 0 radical (unpaired) electrons. The molecule has 0 aliphatic rings. The van der Waals surface area contributed by atoms with Gasteiger partial charge in [0.05, 0.1) is 12.8 Å². The van der Waals surface area contributed by atoms with Crippen LogP contribution in [0.25, 0.3) is 16.9 Å². The highest BCUT2D eigenvalue weighted by molar-refractivity contribution is 5.63. The molecule has 84 valence electrons. The summed E-state index contributed by atoms with van der Waals surface area (Å²) in [7, 11) is 1.65. The molecule has 3 aromatic rings. The van der Waals surface area contributed by atoms with Gasteiger partial charge in [-0.3, -0.25) is 0 Å². The number of benzene rings is 1. The Hall–Kier alpha value is -2.43. The number of methoxy groups -OCH3 is 1. The number of ether oxygens (including phenoxy) is 1. The molecule has 0 aliphatic carbocycles. The molecular weight excluding hydrogens is 216 g/mol. The van der Waals surface area contributed by atoms with E-state index in [0.29, 0.717) is 0 Å². The molecule has 0 spiro atoms. The van der Waals surface area contributed by atoms with E-state index in [2.05, 4.69) is 15.5 Å². The Labute approximate surface area is 97.6 Å². The van der Waals surface area contributed by atoms with Crippen LogP contribution in [0.1, 0.15) is 0 Å². The Morgan fingerprint density at radius 2 is 1.88 bits per heavy atom. The molecule has 0 atom stereocenters. The van der Waals surface area contributed by atoms with Crippen LogP contribution < -0.4 is 4.74 Å². The van der Waals surface area contributed by atoms with E-state index in [4.69, 9.17) is 4.74 Å². The number of hydrogen-bond donors (Lipinski definition) is 0. The van der Waals surface area contributed by atoms with Crippen LogP contribution in [0.15, 0.2) is 42.5 Å². The van der Waals surface area contributed by atoms with E-state index in [-0.39, 0.29) is 0 Å². The van der Waals surface area contributed by atoms with Crippen LogP contribution in [0.2, 0.25) is 0 Å². The molecule has 0 N–H and O–H groups in total. The van der Waals surface area contributed by atoms with Crippen molar-refractivity contribution < 1.29 is 4.74 Å². The van der Waals surface area contributed by atoms with Gasteiger partial charge in [0, 0.05) is 5.56 Å². The molecule has 3 rings (SSSR count). The first kappa shape index (κ1) is 9.77. The van der Waals surface area contributed by atoms with Gasteiger partial charge in [-0.25, -0.2) is 0 Å². The summed E-state index contributed by atoms with van der Waals surface area (Å²) in [6.45, 7) is 0. The maximum Gasteiger partial charge on any atom is 0.179 e. The van der Waals surface area contributed by atoms with Crippen molar-refractivity contribution in [3.8, 4) is 17.0 Å². The number of rotatable bonds is 2. The van der Waals surface area contributed by atoms with Gasteiger partial charge in [0.15, 0.2) is 5.65 Å². The quantitative estimate of drug-likeness (QED) is 0.668. The molecule has 0 aliphatic heterocycles. The lowest BCUT2D eigenvalue weighted by Gasteiger charge is -2.04. The van der Waals surface area contributed by atoms with Crippen LogP contribution in [0.4, 0.5) is 0 Å². The first-order chi connectivity index (χ1) is 8.38. The average molecular weight is 226 g/mol. The zero-order chi connectivity index (χ0) is 11.7. The van der Waals surface area contributed by atoms with Crippen molar-refractivity contribution in [2.24, 2.45) is 0 Å². The monoisotopic (exact) mass is 226 g/mol. The van der Waals surface area contributed by atoms with Crippen molar-refractivity contribution in [1.29, 1.82) is 0 Å². The number of fused-ring (bicyclic) bond motifs is 1. The van der Waals surface area contributed by atoms with E-state index in [1.54, 1.807) is 11.6 Å². The first-order valence-corrected chi connectivity index (χ1v) is 5.20. The molecule has 2 heterocycles. The first-order valence-electron chi connectivity index (χ1n) is 5.20. The lowest BCUT2D eigenvalue weighted by atomic mass is 10.1. The second-order valence-electron chi connectivity index (χ2n) is 3.59. The van der Waals surface area contributed by atoms with Crippen LogP contribution >= 0.6 is 0 Å². The maximum atomic E-state index is 5.13. The van der Waals surface area contributed by atoms with Crippen LogP contribution in [0, 0.1) is 0 Å². The molecule has 5 heteroatoms. The molecule has 0 unspecified atom stereocenters. The number of hydrogen-bond acceptors (Lipinski definition) is 4. The Morgan fingerprint density at radius 1 is 1.06 bits per heavy atom. The highest BCUT2D eigenvalue weighted by atomic mass is 16.5. The van der Waals surface area contributed by atoms with E-state index in [9.17, 15) is 0 Å². The summed E-state index contributed by atoms with van der Waals surface area (Å²) in [4.78, 5) is 0. The van der Waals surface area contributed by atoms with Crippen molar-refractivity contribution in [2.45, 2.75) is 0 Å². The number of tetrazole rings is 1. The summed E-state index contributed by atoms with van der Waals surface area (Å²) >= 11 is 0. The SMILES string of the molecule is COc1ccc(-c2cccc3nnnn23)cc1. The van der Waals surface area contributed by atoms with Crippen LogP contribution in [0.5, 0.6) is 5.75 Å². The van der Waals surface area contributed by atoms with E-state index >= 15 is 0 Å². The molecule has 1 aromatic carbocycles. The molecule has 5 nitrogen and oxygen atoms in total. The minimum Gasteiger partial charge on any atom is -0.497 e. The number of nitrogens with zero attached hydrogens (tertiary/aromatic N) is 4. The van der Waals surface area contributed by atoms with E-state index < -0.39 is 0 Å². The third kappa shape index (κ3) is 1.61. The fraction of sp³-hybridized carbons (Fsp3) is 0.0833.